The number of amidine groups is 1. The summed E-state index contributed by atoms with van der Waals surface area (Å²) < 4.78 is 5.23. The molecule has 0 amide bonds. The minimum absolute atomic E-state index is 0.00950. The summed E-state index contributed by atoms with van der Waals surface area (Å²) in [4.78, 5) is 13.4. The van der Waals surface area contributed by atoms with Crippen molar-refractivity contribution in [1.29, 1.82) is 0 Å². The first-order chi connectivity index (χ1) is 12.8. The minimum atomic E-state index is -0.274. The van der Waals surface area contributed by atoms with Crippen molar-refractivity contribution in [3.05, 3.63) is 77.9 Å². The predicted octanol–water partition coefficient (Wildman–Crippen LogP) is 2.96. The van der Waals surface area contributed by atoms with E-state index in [1.165, 1.54) is 0 Å². The second-order valence-electron chi connectivity index (χ2n) is 6.30. The molecule has 2 aromatic carbocycles. The highest BCUT2D eigenvalue weighted by molar-refractivity contribution is 6.05. The van der Waals surface area contributed by atoms with Crippen LogP contribution in [0.2, 0.25) is 0 Å². The molecule has 3 aliphatic heterocycles. The number of hydrogen-bond acceptors (Lipinski definition) is 6. The van der Waals surface area contributed by atoms with Crippen LogP contribution in [0.3, 0.4) is 0 Å². The van der Waals surface area contributed by atoms with Gasteiger partial charge in [0.15, 0.2) is 5.84 Å². The SMILES string of the molecule is COc1ccc(C2=NOC3C2C=CC2ON=C(c4ccccc4)N23)cc1. The number of fused-ring (bicyclic) bond motifs is 3. The molecule has 130 valence electrons. The van der Waals surface area contributed by atoms with Gasteiger partial charge in [0.25, 0.3) is 0 Å². The van der Waals surface area contributed by atoms with E-state index in [-0.39, 0.29) is 18.4 Å². The Balaban J connectivity index is 1.45. The Morgan fingerprint density at radius 2 is 1.69 bits per heavy atom. The van der Waals surface area contributed by atoms with E-state index >= 15 is 0 Å². The molecule has 0 fully saturated rings. The quantitative estimate of drug-likeness (QED) is 0.801. The Bertz CT molecular complexity index is 906. The topological polar surface area (TPSA) is 55.6 Å². The smallest absolute Gasteiger partial charge is 0.223 e. The van der Waals surface area contributed by atoms with Gasteiger partial charge in [-0.05, 0) is 30.3 Å². The minimum Gasteiger partial charge on any atom is -0.497 e. The second-order valence-corrected chi connectivity index (χ2v) is 6.30. The van der Waals surface area contributed by atoms with Crippen molar-refractivity contribution in [1.82, 2.24) is 4.90 Å². The molecular weight excluding hydrogens is 330 g/mol. The monoisotopic (exact) mass is 347 g/mol. The summed E-state index contributed by atoms with van der Waals surface area (Å²) in [6.45, 7) is 0. The molecule has 6 heteroatoms. The maximum atomic E-state index is 5.82. The van der Waals surface area contributed by atoms with Crippen LogP contribution in [0.15, 0.2) is 77.1 Å². The number of hydrogen-bond donors (Lipinski definition) is 0. The van der Waals surface area contributed by atoms with E-state index in [2.05, 4.69) is 16.4 Å². The van der Waals surface area contributed by atoms with Gasteiger partial charge in [0.1, 0.15) is 5.75 Å². The van der Waals surface area contributed by atoms with Crippen LogP contribution < -0.4 is 4.74 Å². The van der Waals surface area contributed by atoms with Crippen LogP contribution in [0.5, 0.6) is 5.75 Å². The number of oxime groups is 2. The van der Waals surface area contributed by atoms with Crippen LogP contribution >= 0.6 is 0 Å². The van der Waals surface area contributed by atoms with Gasteiger partial charge in [0, 0.05) is 11.1 Å². The fourth-order valence-corrected chi connectivity index (χ4v) is 3.51. The van der Waals surface area contributed by atoms with Crippen molar-refractivity contribution in [3.63, 3.8) is 0 Å². The normalized spacial score (nSPS) is 25.6. The van der Waals surface area contributed by atoms with Gasteiger partial charge >= 0.3 is 0 Å². The van der Waals surface area contributed by atoms with E-state index in [4.69, 9.17) is 14.4 Å². The lowest BCUT2D eigenvalue weighted by Crippen LogP contribution is -2.49. The fraction of sp³-hybridized carbons (Fsp3) is 0.200. The Morgan fingerprint density at radius 1 is 0.885 bits per heavy atom. The molecule has 0 aliphatic carbocycles. The zero-order valence-electron chi connectivity index (χ0n) is 14.1. The average Bonchev–Trinajstić information content (AvgIpc) is 3.32. The third-order valence-corrected chi connectivity index (χ3v) is 4.82. The Labute approximate surface area is 151 Å². The summed E-state index contributed by atoms with van der Waals surface area (Å²) >= 11 is 0. The molecule has 3 aliphatic rings. The molecule has 0 N–H and O–H groups in total. The lowest BCUT2D eigenvalue weighted by Gasteiger charge is -2.33. The summed E-state index contributed by atoms with van der Waals surface area (Å²) in [5.41, 5.74) is 2.90. The molecule has 0 bridgehead atoms. The van der Waals surface area contributed by atoms with E-state index < -0.39 is 0 Å². The largest absolute Gasteiger partial charge is 0.497 e. The second kappa shape index (κ2) is 5.91. The number of rotatable bonds is 3. The van der Waals surface area contributed by atoms with E-state index in [1.807, 2.05) is 65.6 Å². The zero-order chi connectivity index (χ0) is 17.5. The number of nitrogens with zero attached hydrogens (tertiary/aromatic N) is 3. The highest BCUT2D eigenvalue weighted by atomic mass is 16.7. The predicted molar refractivity (Wildman–Crippen MR) is 96.7 cm³/mol. The first kappa shape index (κ1) is 15.0. The Morgan fingerprint density at radius 3 is 2.46 bits per heavy atom. The van der Waals surface area contributed by atoms with Gasteiger partial charge in [-0.1, -0.05) is 46.7 Å². The van der Waals surface area contributed by atoms with Gasteiger partial charge in [-0.25, -0.2) is 0 Å². The summed E-state index contributed by atoms with van der Waals surface area (Å²) in [5.74, 6) is 1.59. The molecule has 0 saturated heterocycles. The molecule has 5 rings (SSSR count). The van der Waals surface area contributed by atoms with E-state index in [9.17, 15) is 0 Å². The molecule has 3 unspecified atom stereocenters. The lowest BCUT2D eigenvalue weighted by molar-refractivity contribution is -0.0795. The summed E-state index contributed by atoms with van der Waals surface area (Å²) in [6, 6.07) is 17.8. The van der Waals surface area contributed by atoms with Crippen molar-refractivity contribution in [2.24, 2.45) is 16.2 Å². The Kier molecular flexibility index (Phi) is 3.41. The van der Waals surface area contributed by atoms with Gasteiger partial charge in [0.2, 0.25) is 12.5 Å². The summed E-state index contributed by atoms with van der Waals surface area (Å²) in [7, 11) is 1.66. The first-order valence-electron chi connectivity index (χ1n) is 8.49. The highest BCUT2D eigenvalue weighted by Crippen LogP contribution is 2.36. The van der Waals surface area contributed by atoms with Crippen LogP contribution in [-0.2, 0) is 9.68 Å². The molecule has 0 radical (unpaired) electrons. The maximum Gasteiger partial charge on any atom is 0.223 e. The van der Waals surface area contributed by atoms with E-state index in [1.54, 1.807) is 7.11 Å². The van der Waals surface area contributed by atoms with Crippen LogP contribution in [0.25, 0.3) is 0 Å². The van der Waals surface area contributed by atoms with Crippen LogP contribution in [0, 0.1) is 5.92 Å². The summed E-state index contributed by atoms with van der Waals surface area (Å²) in [6.07, 6.45) is 3.56. The van der Waals surface area contributed by atoms with Crippen LogP contribution in [0.4, 0.5) is 0 Å². The molecule has 3 heterocycles. The van der Waals surface area contributed by atoms with Crippen molar-refractivity contribution in [3.8, 4) is 5.75 Å². The number of ether oxygens (including phenoxy) is 1. The highest BCUT2D eigenvalue weighted by Gasteiger charge is 2.47. The van der Waals surface area contributed by atoms with Crippen molar-refractivity contribution < 1.29 is 14.4 Å². The number of benzene rings is 2. The van der Waals surface area contributed by atoms with Crippen LogP contribution in [0.1, 0.15) is 11.1 Å². The third-order valence-electron chi connectivity index (χ3n) is 4.82. The van der Waals surface area contributed by atoms with Crippen molar-refractivity contribution in [2.75, 3.05) is 7.11 Å². The standard InChI is InChI=1S/C20H17N3O3/c1-24-15-9-7-13(8-10-15)18-16-11-12-17-23(20(16)26-21-18)19(22-25-17)14-5-3-2-4-6-14/h2-12,16-17,20H,1H3. The molecule has 6 nitrogen and oxygen atoms in total. The van der Waals surface area contributed by atoms with Crippen LogP contribution in [-0.4, -0.2) is 36.0 Å². The lowest BCUT2D eigenvalue weighted by atomic mass is 9.92. The molecule has 3 atom stereocenters. The zero-order valence-corrected chi connectivity index (χ0v) is 14.1. The van der Waals surface area contributed by atoms with Gasteiger partial charge in [-0.2, -0.15) is 0 Å². The number of methoxy groups -OCH3 is 1. The third kappa shape index (κ3) is 2.26. The summed E-state index contributed by atoms with van der Waals surface area (Å²) in [5, 5.41) is 8.64. The molecule has 26 heavy (non-hydrogen) atoms. The van der Waals surface area contributed by atoms with E-state index in [0.29, 0.717) is 0 Å². The molecule has 0 saturated carbocycles. The molecule has 0 spiro atoms. The van der Waals surface area contributed by atoms with Crippen molar-refractivity contribution >= 4 is 11.5 Å². The molecule has 2 aromatic rings. The Hall–Kier alpha value is -3.28. The van der Waals surface area contributed by atoms with Gasteiger partial charge < -0.3 is 14.4 Å². The van der Waals surface area contributed by atoms with Gasteiger partial charge in [-0.3, -0.25) is 4.90 Å². The molecular formula is C20H17N3O3. The first-order valence-corrected chi connectivity index (χ1v) is 8.49. The van der Waals surface area contributed by atoms with Crippen molar-refractivity contribution in [2.45, 2.75) is 12.5 Å². The van der Waals surface area contributed by atoms with Gasteiger partial charge in [0.05, 0.1) is 18.7 Å². The fourth-order valence-electron chi connectivity index (χ4n) is 3.51. The molecule has 0 aromatic heterocycles. The maximum absolute atomic E-state index is 5.82. The van der Waals surface area contributed by atoms with E-state index in [0.717, 1.165) is 28.4 Å². The van der Waals surface area contributed by atoms with Gasteiger partial charge in [-0.15, -0.1) is 0 Å². The average molecular weight is 347 g/mol.